The van der Waals surface area contributed by atoms with Gasteiger partial charge >= 0.3 is 0 Å². The third-order valence-corrected chi connectivity index (χ3v) is 4.02. The maximum atomic E-state index is 12.8. The van der Waals surface area contributed by atoms with Crippen LogP contribution < -0.4 is 10.1 Å². The summed E-state index contributed by atoms with van der Waals surface area (Å²) in [6.07, 6.45) is 1.69. The Morgan fingerprint density at radius 1 is 1.43 bits per heavy atom. The van der Waals surface area contributed by atoms with E-state index in [4.69, 9.17) is 4.74 Å². The second-order valence-corrected chi connectivity index (χ2v) is 5.91. The number of benzene rings is 1. The molecule has 1 aromatic heterocycles. The molecule has 1 fully saturated rings. The Morgan fingerprint density at radius 2 is 2.14 bits per heavy atom. The number of nitrogens with one attached hydrogen (secondary N) is 1. The van der Waals surface area contributed by atoms with E-state index in [0.717, 1.165) is 5.69 Å². The van der Waals surface area contributed by atoms with Crippen molar-refractivity contribution in [1.29, 1.82) is 0 Å². The number of thiazole rings is 1. The number of ether oxygens (including phenoxy) is 1. The second kappa shape index (κ2) is 5.81. The first-order valence-corrected chi connectivity index (χ1v) is 7.68. The maximum Gasteiger partial charge on any atom is 0.266 e. The van der Waals surface area contributed by atoms with Crippen molar-refractivity contribution in [2.75, 3.05) is 5.32 Å². The van der Waals surface area contributed by atoms with Gasteiger partial charge in [-0.1, -0.05) is 0 Å². The molecule has 1 heterocycles. The van der Waals surface area contributed by atoms with Crippen LogP contribution in [-0.4, -0.2) is 17.0 Å². The van der Waals surface area contributed by atoms with Crippen molar-refractivity contribution in [3.8, 4) is 5.75 Å². The molecule has 110 valence electrons. The summed E-state index contributed by atoms with van der Waals surface area (Å²) in [7, 11) is 0. The number of halogens is 1. The molecule has 6 heteroatoms. The highest BCUT2D eigenvalue weighted by molar-refractivity contribution is 7.13. The van der Waals surface area contributed by atoms with Gasteiger partial charge in [0.05, 0.1) is 5.69 Å². The van der Waals surface area contributed by atoms with Crippen LogP contribution in [0, 0.1) is 5.82 Å². The molecule has 1 amide bonds. The SMILES string of the molecule is CC(Oc1ccc(F)cc1)C(=O)Nc1nc(C2CC2)cs1. The van der Waals surface area contributed by atoms with E-state index in [2.05, 4.69) is 10.3 Å². The van der Waals surface area contributed by atoms with E-state index in [9.17, 15) is 9.18 Å². The van der Waals surface area contributed by atoms with Crippen molar-refractivity contribution in [2.24, 2.45) is 0 Å². The number of aromatic nitrogens is 1. The molecule has 0 bridgehead atoms. The van der Waals surface area contributed by atoms with Gasteiger partial charge in [0.15, 0.2) is 11.2 Å². The molecular weight excluding hydrogens is 291 g/mol. The normalized spacial score (nSPS) is 15.5. The first kappa shape index (κ1) is 14.0. The Balaban J connectivity index is 1.57. The smallest absolute Gasteiger partial charge is 0.266 e. The molecule has 3 rings (SSSR count). The van der Waals surface area contributed by atoms with Crippen LogP contribution in [0.4, 0.5) is 9.52 Å². The van der Waals surface area contributed by atoms with Crippen LogP contribution >= 0.6 is 11.3 Å². The number of amides is 1. The van der Waals surface area contributed by atoms with Crippen molar-refractivity contribution in [1.82, 2.24) is 4.98 Å². The Bertz CT molecular complexity index is 637. The zero-order chi connectivity index (χ0) is 14.8. The number of anilines is 1. The molecule has 1 N–H and O–H groups in total. The minimum absolute atomic E-state index is 0.268. The van der Waals surface area contributed by atoms with E-state index >= 15 is 0 Å². The standard InChI is InChI=1S/C15H15FN2O2S/c1-9(20-12-6-4-11(16)5-7-12)14(19)18-15-17-13(8-21-15)10-2-3-10/h4-10H,2-3H2,1H3,(H,17,18,19). The molecule has 0 spiro atoms. The zero-order valence-electron chi connectivity index (χ0n) is 11.5. The number of hydrogen-bond acceptors (Lipinski definition) is 4. The van der Waals surface area contributed by atoms with Gasteiger partial charge in [-0.3, -0.25) is 10.1 Å². The van der Waals surface area contributed by atoms with Crippen LogP contribution in [0.1, 0.15) is 31.4 Å². The molecular formula is C15H15FN2O2S. The fraction of sp³-hybridized carbons (Fsp3) is 0.333. The van der Waals surface area contributed by atoms with Crippen LogP contribution in [0.2, 0.25) is 0 Å². The van der Waals surface area contributed by atoms with Crippen LogP contribution in [0.3, 0.4) is 0 Å². The highest BCUT2D eigenvalue weighted by atomic mass is 32.1. The lowest BCUT2D eigenvalue weighted by Crippen LogP contribution is -2.30. The minimum atomic E-state index is -0.677. The monoisotopic (exact) mass is 306 g/mol. The van der Waals surface area contributed by atoms with Gasteiger partial charge in [-0.2, -0.15) is 0 Å². The van der Waals surface area contributed by atoms with Crippen molar-refractivity contribution in [2.45, 2.75) is 31.8 Å². The van der Waals surface area contributed by atoms with Gasteiger partial charge < -0.3 is 4.74 Å². The van der Waals surface area contributed by atoms with Gasteiger partial charge in [0, 0.05) is 11.3 Å². The topological polar surface area (TPSA) is 51.2 Å². The fourth-order valence-electron chi connectivity index (χ4n) is 1.89. The molecule has 1 atom stereocenters. The van der Waals surface area contributed by atoms with Crippen LogP contribution in [0.25, 0.3) is 0 Å². The van der Waals surface area contributed by atoms with Crippen LogP contribution in [0.5, 0.6) is 5.75 Å². The molecule has 1 aliphatic rings. The average molecular weight is 306 g/mol. The maximum absolute atomic E-state index is 12.8. The molecule has 1 saturated carbocycles. The number of nitrogens with zero attached hydrogens (tertiary/aromatic N) is 1. The molecule has 0 radical (unpaired) electrons. The summed E-state index contributed by atoms with van der Waals surface area (Å²) in [5.74, 6) is 0.419. The third-order valence-electron chi connectivity index (χ3n) is 3.24. The van der Waals surface area contributed by atoms with Gasteiger partial charge in [-0.15, -0.1) is 11.3 Å². The van der Waals surface area contributed by atoms with E-state index in [1.807, 2.05) is 5.38 Å². The lowest BCUT2D eigenvalue weighted by atomic mass is 10.3. The van der Waals surface area contributed by atoms with Crippen molar-refractivity contribution in [3.05, 3.63) is 41.2 Å². The van der Waals surface area contributed by atoms with E-state index < -0.39 is 6.10 Å². The summed E-state index contributed by atoms with van der Waals surface area (Å²) in [4.78, 5) is 16.4. The molecule has 4 nitrogen and oxygen atoms in total. The largest absolute Gasteiger partial charge is 0.481 e. The summed E-state index contributed by atoms with van der Waals surface area (Å²) in [5, 5.41) is 5.32. The van der Waals surface area contributed by atoms with Gasteiger partial charge in [0.2, 0.25) is 0 Å². The molecule has 0 aliphatic heterocycles. The molecule has 0 saturated heterocycles. The Kier molecular flexibility index (Phi) is 3.88. The minimum Gasteiger partial charge on any atom is -0.481 e. The lowest BCUT2D eigenvalue weighted by Gasteiger charge is -2.13. The van der Waals surface area contributed by atoms with Gasteiger partial charge in [0.25, 0.3) is 5.91 Å². The Morgan fingerprint density at radius 3 is 2.81 bits per heavy atom. The Hall–Kier alpha value is -1.95. The Labute approximate surface area is 126 Å². The molecule has 1 aliphatic carbocycles. The molecule has 2 aromatic rings. The molecule has 1 aromatic carbocycles. The van der Waals surface area contributed by atoms with Crippen molar-refractivity contribution < 1.29 is 13.9 Å². The lowest BCUT2D eigenvalue weighted by molar-refractivity contribution is -0.122. The van der Waals surface area contributed by atoms with E-state index in [1.54, 1.807) is 6.92 Å². The van der Waals surface area contributed by atoms with Gasteiger partial charge in [-0.25, -0.2) is 9.37 Å². The highest BCUT2D eigenvalue weighted by Gasteiger charge is 2.26. The molecule has 1 unspecified atom stereocenters. The number of carbonyl (C=O) groups excluding carboxylic acids is 1. The number of carbonyl (C=O) groups is 1. The van der Waals surface area contributed by atoms with E-state index in [1.165, 1.54) is 48.4 Å². The summed E-state index contributed by atoms with van der Waals surface area (Å²) in [6, 6.07) is 5.58. The van der Waals surface area contributed by atoms with Crippen LogP contribution in [0.15, 0.2) is 29.6 Å². The first-order chi connectivity index (χ1) is 10.1. The average Bonchev–Trinajstić information content (AvgIpc) is 3.22. The van der Waals surface area contributed by atoms with E-state index in [0.29, 0.717) is 16.8 Å². The van der Waals surface area contributed by atoms with Gasteiger partial charge in [0.1, 0.15) is 11.6 Å². The number of hydrogen-bond donors (Lipinski definition) is 1. The van der Waals surface area contributed by atoms with Crippen molar-refractivity contribution in [3.63, 3.8) is 0 Å². The van der Waals surface area contributed by atoms with Gasteiger partial charge in [-0.05, 0) is 44.0 Å². The predicted molar refractivity (Wildman–Crippen MR) is 79.2 cm³/mol. The molecule has 21 heavy (non-hydrogen) atoms. The van der Waals surface area contributed by atoms with Crippen LogP contribution in [-0.2, 0) is 4.79 Å². The predicted octanol–water partition coefficient (Wildman–Crippen LogP) is 3.57. The third kappa shape index (κ3) is 3.58. The summed E-state index contributed by atoms with van der Waals surface area (Å²) < 4.78 is 18.3. The van der Waals surface area contributed by atoms with E-state index in [-0.39, 0.29) is 11.7 Å². The zero-order valence-corrected chi connectivity index (χ0v) is 12.3. The number of rotatable bonds is 5. The second-order valence-electron chi connectivity index (χ2n) is 5.06. The van der Waals surface area contributed by atoms with Crippen molar-refractivity contribution >= 4 is 22.4 Å². The summed E-state index contributed by atoms with van der Waals surface area (Å²) in [5.41, 5.74) is 1.06. The quantitative estimate of drug-likeness (QED) is 0.919. The first-order valence-electron chi connectivity index (χ1n) is 6.80. The fourth-order valence-corrected chi connectivity index (χ4v) is 2.68. The summed E-state index contributed by atoms with van der Waals surface area (Å²) in [6.45, 7) is 1.65. The highest BCUT2D eigenvalue weighted by Crippen LogP contribution is 2.40. The summed E-state index contributed by atoms with van der Waals surface area (Å²) >= 11 is 1.42.